The summed E-state index contributed by atoms with van der Waals surface area (Å²) in [5.41, 5.74) is 1.79. The molecule has 0 unspecified atom stereocenters. The number of amides is 1. The van der Waals surface area contributed by atoms with Gasteiger partial charge >= 0.3 is 0 Å². The molecule has 2 aromatic rings. The molecule has 0 spiro atoms. The highest BCUT2D eigenvalue weighted by atomic mass is 32.1. The van der Waals surface area contributed by atoms with Crippen LogP contribution in [0.15, 0.2) is 29.8 Å². The Morgan fingerprint density at radius 2 is 2.05 bits per heavy atom. The number of thiazole rings is 1. The minimum Gasteiger partial charge on any atom is -0.343 e. The van der Waals surface area contributed by atoms with Crippen molar-refractivity contribution in [3.63, 3.8) is 0 Å². The van der Waals surface area contributed by atoms with Crippen molar-refractivity contribution in [1.82, 2.24) is 14.9 Å². The number of carbonyl (C=O) groups is 1. The zero-order valence-corrected chi connectivity index (χ0v) is 12.8. The normalized spacial score (nSPS) is 15.1. The lowest BCUT2D eigenvalue weighted by atomic mass is 10.1. The van der Waals surface area contributed by atoms with Crippen LogP contribution in [0.5, 0.6) is 0 Å². The standard InChI is InChI=1S/C16H19N3OS/c20-16(19-10-4-1-5-11-19)8-7-15-18-14(12-21-15)13-6-2-3-9-17-13/h2-3,6,9,12H,1,4-5,7-8,10-11H2. The molecule has 0 saturated carbocycles. The lowest BCUT2D eigenvalue weighted by Gasteiger charge is -2.26. The highest BCUT2D eigenvalue weighted by Crippen LogP contribution is 2.21. The molecule has 1 aliphatic rings. The van der Waals surface area contributed by atoms with Crippen molar-refractivity contribution in [3.8, 4) is 11.4 Å². The Kier molecular flexibility index (Phi) is 4.60. The summed E-state index contributed by atoms with van der Waals surface area (Å²) >= 11 is 1.61. The van der Waals surface area contributed by atoms with E-state index >= 15 is 0 Å². The van der Waals surface area contributed by atoms with Gasteiger partial charge < -0.3 is 4.90 Å². The summed E-state index contributed by atoms with van der Waals surface area (Å²) in [6.45, 7) is 1.85. The van der Waals surface area contributed by atoms with Crippen molar-refractivity contribution in [1.29, 1.82) is 0 Å². The topological polar surface area (TPSA) is 46.1 Å². The van der Waals surface area contributed by atoms with E-state index in [1.54, 1.807) is 17.5 Å². The minimum atomic E-state index is 0.268. The fourth-order valence-corrected chi connectivity index (χ4v) is 3.37. The molecule has 1 aliphatic heterocycles. The second-order valence-corrected chi connectivity index (χ2v) is 6.23. The monoisotopic (exact) mass is 301 g/mol. The van der Waals surface area contributed by atoms with E-state index in [1.807, 2.05) is 28.5 Å². The molecule has 0 bridgehead atoms. The van der Waals surface area contributed by atoms with Crippen LogP contribution in [0, 0.1) is 0 Å². The van der Waals surface area contributed by atoms with E-state index in [2.05, 4.69) is 9.97 Å². The van der Waals surface area contributed by atoms with Crippen LogP contribution < -0.4 is 0 Å². The largest absolute Gasteiger partial charge is 0.343 e. The molecule has 2 aromatic heterocycles. The second kappa shape index (κ2) is 6.80. The van der Waals surface area contributed by atoms with Gasteiger partial charge in [-0.3, -0.25) is 9.78 Å². The molecule has 3 rings (SSSR count). The summed E-state index contributed by atoms with van der Waals surface area (Å²) in [6.07, 6.45) is 6.61. The average Bonchev–Trinajstić information content (AvgIpc) is 3.03. The first-order valence-corrected chi connectivity index (χ1v) is 8.34. The van der Waals surface area contributed by atoms with E-state index in [4.69, 9.17) is 0 Å². The number of piperidine rings is 1. The van der Waals surface area contributed by atoms with Crippen molar-refractivity contribution in [3.05, 3.63) is 34.8 Å². The number of pyridine rings is 1. The molecule has 110 valence electrons. The van der Waals surface area contributed by atoms with Crippen LogP contribution in [-0.2, 0) is 11.2 Å². The van der Waals surface area contributed by atoms with E-state index in [0.717, 1.165) is 48.7 Å². The summed E-state index contributed by atoms with van der Waals surface area (Å²) in [5.74, 6) is 0.268. The van der Waals surface area contributed by atoms with Crippen LogP contribution in [-0.4, -0.2) is 33.9 Å². The zero-order valence-electron chi connectivity index (χ0n) is 12.0. The second-order valence-electron chi connectivity index (χ2n) is 5.28. The summed E-state index contributed by atoms with van der Waals surface area (Å²) in [4.78, 5) is 23.0. The number of hydrogen-bond donors (Lipinski definition) is 0. The Hall–Kier alpha value is -1.75. The molecular weight excluding hydrogens is 282 g/mol. The Balaban J connectivity index is 1.56. The molecule has 1 saturated heterocycles. The van der Waals surface area contributed by atoms with Crippen molar-refractivity contribution in [2.45, 2.75) is 32.1 Å². The lowest BCUT2D eigenvalue weighted by molar-refractivity contribution is -0.132. The van der Waals surface area contributed by atoms with Gasteiger partial charge in [0.2, 0.25) is 5.91 Å². The molecule has 21 heavy (non-hydrogen) atoms. The van der Waals surface area contributed by atoms with Crippen LogP contribution in [0.4, 0.5) is 0 Å². The molecule has 0 N–H and O–H groups in total. The first-order valence-electron chi connectivity index (χ1n) is 7.46. The fourth-order valence-electron chi connectivity index (χ4n) is 2.57. The number of rotatable bonds is 4. The van der Waals surface area contributed by atoms with E-state index in [0.29, 0.717) is 6.42 Å². The number of aryl methyl sites for hydroxylation is 1. The molecule has 0 atom stereocenters. The Morgan fingerprint density at radius 1 is 1.19 bits per heavy atom. The van der Waals surface area contributed by atoms with E-state index in [-0.39, 0.29) is 5.91 Å². The summed E-state index contributed by atoms with van der Waals surface area (Å²) in [7, 11) is 0. The maximum Gasteiger partial charge on any atom is 0.222 e. The molecule has 0 radical (unpaired) electrons. The molecular formula is C16H19N3OS. The highest BCUT2D eigenvalue weighted by molar-refractivity contribution is 7.09. The SMILES string of the molecule is O=C(CCc1nc(-c2ccccn2)cs1)N1CCCCC1. The van der Waals surface area contributed by atoms with Crippen LogP contribution in [0.1, 0.15) is 30.7 Å². The van der Waals surface area contributed by atoms with Crippen LogP contribution in [0.3, 0.4) is 0 Å². The van der Waals surface area contributed by atoms with Gasteiger partial charge in [0.05, 0.1) is 16.4 Å². The number of likely N-dealkylation sites (tertiary alicyclic amines) is 1. The molecule has 5 heteroatoms. The zero-order chi connectivity index (χ0) is 14.5. The molecule has 3 heterocycles. The van der Waals surface area contributed by atoms with Gasteiger partial charge in [-0.1, -0.05) is 6.07 Å². The van der Waals surface area contributed by atoms with Crippen molar-refractivity contribution in [2.24, 2.45) is 0 Å². The van der Waals surface area contributed by atoms with Gasteiger partial charge in [0.1, 0.15) is 0 Å². The first-order chi connectivity index (χ1) is 10.3. The minimum absolute atomic E-state index is 0.268. The van der Waals surface area contributed by atoms with Gasteiger partial charge in [-0.15, -0.1) is 11.3 Å². The van der Waals surface area contributed by atoms with Crippen molar-refractivity contribution < 1.29 is 4.79 Å². The maximum atomic E-state index is 12.1. The van der Waals surface area contributed by atoms with Crippen LogP contribution in [0.25, 0.3) is 11.4 Å². The number of carbonyl (C=O) groups excluding carboxylic acids is 1. The molecule has 4 nitrogen and oxygen atoms in total. The number of nitrogens with zero attached hydrogens (tertiary/aromatic N) is 3. The maximum absolute atomic E-state index is 12.1. The van der Waals surface area contributed by atoms with E-state index < -0.39 is 0 Å². The number of hydrogen-bond acceptors (Lipinski definition) is 4. The van der Waals surface area contributed by atoms with Gasteiger partial charge in [-0.2, -0.15) is 0 Å². The third-order valence-corrected chi connectivity index (χ3v) is 4.65. The van der Waals surface area contributed by atoms with Crippen LogP contribution >= 0.6 is 11.3 Å². The fraction of sp³-hybridized carbons (Fsp3) is 0.438. The molecule has 1 amide bonds. The third kappa shape index (κ3) is 3.67. The highest BCUT2D eigenvalue weighted by Gasteiger charge is 2.16. The molecule has 1 fully saturated rings. The van der Waals surface area contributed by atoms with Crippen molar-refractivity contribution >= 4 is 17.2 Å². The number of aromatic nitrogens is 2. The van der Waals surface area contributed by atoms with Gasteiger partial charge in [-0.05, 0) is 31.4 Å². The summed E-state index contributed by atoms with van der Waals surface area (Å²) in [5, 5.41) is 3.03. The van der Waals surface area contributed by atoms with Gasteiger partial charge in [0.15, 0.2) is 0 Å². The van der Waals surface area contributed by atoms with E-state index in [1.165, 1.54) is 6.42 Å². The van der Waals surface area contributed by atoms with Gasteiger partial charge in [0.25, 0.3) is 0 Å². The van der Waals surface area contributed by atoms with Crippen LogP contribution in [0.2, 0.25) is 0 Å². The lowest BCUT2D eigenvalue weighted by Crippen LogP contribution is -2.35. The molecule has 0 aliphatic carbocycles. The predicted octanol–water partition coefficient (Wildman–Crippen LogP) is 3.15. The van der Waals surface area contributed by atoms with Gasteiger partial charge in [-0.25, -0.2) is 4.98 Å². The third-order valence-electron chi connectivity index (χ3n) is 3.74. The molecule has 0 aromatic carbocycles. The Bertz CT molecular complexity index is 591. The average molecular weight is 301 g/mol. The predicted molar refractivity (Wildman–Crippen MR) is 84.1 cm³/mol. The Labute approximate surface area is 128 Å². The Morgan fingerprint density at radius 3 is 2.81 bits per heavy atom. The summed E-state index contributed by atoms with van der Waals surface area (Å²) in [6, 6.07) is 5.81. The van der Waals surface area contributed by atoms with Crippen molar-refractivity contribution in [2.75, 3.05) is 13.1 Å². The van der Waals surface area contributed by atoms with E-state index in [9.17, 15) is 4.79 Å². The summed E-state index contributed by atoms with van der Waals surface area (Å²) < 4.78 is 0. The smallest absolute Gasteiger partial charge is 0.222 e. The van der Waals surface area contributed by atoms with Gasteiger partial charge in [0, 0.05) is 37.5 Å². The quantitative estimate of drug-likeness (QED) is 0.871. The first kappa shape index (κ1) is 14.2.